The van der Waals surface area contributed by atoms with Gasteiger partial charge in [0.1, 0.15) is 5.75 Å². The largest absolute Gasteiger partial charge is 0.493 e. The summed E-state index contributed by atoms with van der Waals surface area (Å²) in [4.78, 5) is 12.0. The maximum Gasteiger partial charge on any atom is 0.250 e. The number of ether oxygens (including phenoxy) is 1. The molecule has 3 aromatic rings. The van der Waals surface area contributed by atoms with Crippen molar-refractivity contribution in [3.05, 3.63) is 64.7 Å². The van der Waals surface area contributed by atoms with E-state index in [0.717, 1.165) is 36.3 Å². The topological polar surface area (TPSA) is 76.5 Å². The molecule has 0 fully saturated rings. The Morgan fingerprint density at radius 2 is 1.90 bits per heavy atom. The lowest BCUT2D eigenvalue weighted by Crippen LogP contribution is -2.19. The third kappa shape index (κ3) is 7.32. The van der Waals surface area contributed by atoms with Crippen LogP contribution in [0.5, 0.6) is 5.75 Å². The number of rotatable bonds is 10. The van der Waals surface area contributed by atoms with Crippen LogP contribution in [0.15, 0.2) is 62.3 Å². The van der Waals surface area contributed by atoms with Crippen molar-refractivity contribution in [1.29, 1.82) is 0 Å². The molecule has 30 heavy (non-hydrogen) atoms. The fourth-order valence-electron chi connectivity index (χ4n) is 2.25. The maximum atomic E-state index is 12.0. The highest BCUT2D eigenvalue weighted by Crippen LogP contribution is 2.30. The number of thioether (sulfide) groups is 2. The van der Waals surface area contributed by atoms with Crippen molar-refractivity contribution in [3.8, 4) is 5.75 Å². The van der Waals surface area contributed by atoms with E-state index in [1.54, 1.807) is 18.0 Å². The number of halogens is 1. The van der Waals surface area contributed by atoms with Crippen LogP contribution in [-0.4, -0.2) is 34.7 Å². The van der Waals surface area contributed by atoms with Gasteiger partial charge in [-0.15, -0.1) is 10.2 Å². The molecule has 6 nitrogen and oxygen atoms in total. The molecule has 10 heteroatoms. The first kappa shape index (κ1) is 22.6. The van der Waals surface area contributed by atoms with Gasteiger partial charge in [0.25, 0.3) is 5.91 Å². The summed E-state index contributed by atoms with van der Waals surface area (Å²) in [6.07, 6.45) is 1.57. The molecule has 0 saturated heterocycles. The summed E-state index contributed by atoms with van der Waals surface area (Å²) in [6, 6.07) is 15.2. The minimum absolute atomic E-state index is 0.209. The lowest BCUT2D eigenvalue weighted by Gasteiger charge is -2.05. The van der Waals surface area contributed by atoms with Crippen molar-refractivity contribution < 1.29 is 9.53 Å². The second kappa shape index (κ2) is 11.9. The average molecular weight is 479 g/mol. The first-order valence-corrected chi connectivity index (χ1v) is 12.2. The zero-order chi connectivity index (χ0) is 21.2. The molecule has 0 spiro atoms. The maximum absolute atomic E-state index is 12.0. The molecule has 2 aromatic carbocycles. The van der Waals surface area contributed by atoms with Crippen LogP contribution in [0.3, 0.4) is 0 Å². The Kier molecular flexibility index (Phi) is 9.00. The van der Waals surface area contributed by atoms with Gasteiger partial charge in [-0.25, -0.2) is 5.43 Å². The number of hydrazone groups is 1. The average Bonchev–Trinajstić information content (AvgIpc) is 3.21. The number of hydrogen-bond donors (Lipinski definition) is 1. The van der Waals surface area contributed by atoms with Crippen molar-refractivity contribution in [1.82, 2.24) is 15.6 Å². The minimum atomic E-state index is -0.212. The number of aromatic nitrogens is 2. The van der Waals surface area contributed by atoms with E-state index >= 15 is 0 Å². The molecule has 1 amide bonds. The molecule has 0 atom stereocenters. The molecule has 0 saturated carbocycles. The van der Waals surface area contributed by atoms with Crippen LogP contribution in [0.1, 0.15) is 18.1 Å². The van der Waals surface area contributed by atoms with Gasteiger partial charge in [-0.1, -0.05) is 70.7 Å². The molecule has 0 aliphatic heterocycles. The van der Waals surface area contributed by atoms with E-state index in [4.69, 9.17) is 16.3 Å². The zero-order valence-electron chi connectivity index (χ0n) is 16.1. The van der Waals surface area contributed by atoms with E-state index in [9.17, 15) is 4.79 Å². The molecular weight excluding hydrogens is 460 g/mol. The van der Waals surface area contributed by atoms with E-state index < -0.39 is 0 Å². The predicted octanol–water partition coefficient (Wildman–Crippen LogP) is 5.12. The molecule has 0 aliphatic rings. The molecule has 3 rings (SSSR count). The molecule has 1 N–H and O–H groups in total. The number of nitrogens with one attached hydrogen (secondary N) is 1. The summed E-state index contributed by atoms with van der Waals surface area (Å²) in [6.45, 7) is 2.48. The Morgan fingerprint density at radius 3 is 2.67 bits per heavy atom. The standard InChI is InChI=1S/C20H19ClN4O2S3/c1-2-27-17-6-4-3-5-15(17)11-22-23-18(26)13-29-20-25-24-19(30-20)28-12-14-7-9-16(21)10-8-14/h3-11H,2,12-13H2,1H3,(H,23,26)/b22-11+. The molecule has 0 aliphatic carbocycles. The highest BCUT2D eigenvalue weighted by atomic mass is 35.5. The second-order valence-electron chi connectivity index (χ2n) is 5.80. The first-order valence-electron chi connectivity index (χ1n) is 9.01. The van der Waals surface area contributed by atoms with Crippen molar-refractivity contribution >= 4 is 58.6 Å². The van der Waals surface area contributed by atoms with Gasteiger partial charge in [-0.3, -0.25) is 4.79 Å². The van der Waals surface area contributed by atoms with Gasteiger partial charge in [0, 0.05) is 16.3 Å². The molecule has 156 valence electrons. The monoisotopic (exact) mass is 478 g/mol. The molecule has 0 radical (unpaired) electrons. The van der Waals surface area contributed by atoms with E-state index in [-0.39, 0.29) is 11.7 Å². The number of amides is 1. The predicted molar refractivity (Wildman–Crippen MR) is 125 cm³/mol. The fourth-order valence-corrected chi connectivity index (χ4v) is 5.14. The van der Waals surface area contributed by atoms with Crippen LogP contribution in [-0.2, 0) is 10.5 Å². The van der Waals surface area contributed by atoms with Crippen LogP contribution < -0.4 is 10.2 Å². The summed E-state index contributed by atoms with van der Waals surface area (Å²) < 4.78 is 7.13. The third-order valence-electron chi connectivity index (χ3n) is 3.60. The van der Waals surface area contributed by atoms with Gasteiger partial charge in [0.15, 0.2) is 8.68 Å². The van der Waals surface area contributed by atoms with Crippen molar-refractivity contribution in [2.75, 3.05) is 12.4 Å². The highest BCUT2D eigenvalue weighted by Gasteiger charge is 2.09. The summed E-state index contributed by atoms with van der Waals surface area (Å²) >= 11 is 10.3. The highest BCUT2D eigenvalue weighted by molar-refractivity contribution is 8.03. The number of hydrogen-bond acceptors (Lipinski definition) is 8. The lowest BCUT2D eigenvalue weighted by atomic mass is 10.2. The first-order chi connectivity index (χ1) is 14.6. The summed E-state index contributed by atoms with van der Waals surface area (Å²) in [5, 5.41) is 13.0. The van der Waals surface area contributed by atoms with Crippen molar-refractivity contribution in [3.63, 3.8) is 0 Å². The number of carbonyl (C=O) groups excluding carboxylic acids is 1. The number of benzene rings is 2. The zero-order valence-corrected chi connectivity index (χ0v) is 19.3. The Hall–Kier alpha value is -2.07. The Morgan fingerprint density at radius 1 is 1.17 bits per heavy atom. The van der Waals surface area contributed by atoms with Crippen molar-refractivity contribution in [2.24, 2.45) is 5.10 Å². The molecule has 0 unspecified atom stereocenters. The third-order valence-corrected chi connectivity index (χ3v) is 7.11. The fraction of sp³-hybridized carbons (Fsp3) is 0.200. The van der Waals surface area contributed by atoms with Crippen LogP contribution in [0.4, 0.5) is 0 Å². The molecule has 1 heterocycles. The Balaban J connectivity index is 1.42. The summed E-state index contributed by atoms with van der Waals surface area (Å²) in [5.74, 6) is 1.51. The Labute approximate surface area is 192 Å². The van der Waals surface area contributed by atoms with Crippen LogP contribution in [0.2, 0.25) is 5.02 Å². The van der Waals surface area contributed by atoms with E-state index in [1.165, 1.54) is 23.1 Å². The number of para-hydroxylation sites is 1. The van der Waals surface area contributed by atoms with Crippen molar-refractivity contribution in [2.45, 2.75) is 21.4 Å². The van der Waals surface area contributed by atoms with Crippen LogP contribution in [0.25, 0.3) is 0 Å². The smallest absolute Gasteiger partial charge is 0.250 e. The number of carbonyl (C=O) groups is 1. The van der Waals surface area contributed by atoms with E-state index in [2.05, 4.69) is 20.7 Å². The van der Waals surface area contributed by atoms with Gasteiger partial charge in [0.2, 0.25) is 0 Å². The van der Waals surface area contributed by atoms with Gasteiger partial charge < -0.3 is 4.74 Å². The summed E-state index contributed by atoms with van der Waals surface area (Å²) in [5.41, 5.74) is 4.49. The minimum Gasteiger partial charge on any atom is -0.493 e. The van der Waals surface area contributed by atoms with Crippen LogP contribution >= 0.6 is 46.5 Å². The molecular formula is C20H19ClN4O2S3. The lowest BCUT2D eigenvalue weighted by molar-refractivity contribution is -0.118. The summed E-state index contributed by atoms with van der Waals surface area (Å²) in [7, 11) is 0. The van der Waals surface area contributed by atoms with Crippen LogP contribution in [0, 0.1) is 0 Å². The SMILES string of the molecule is CCOc1ccccc1/C=N/NC(=O)CSc1nnc(SCc2ccc(Cl)cc2)s1. The molecule has 0 bridgehead atoms. The van der Waals surface area contributed by atoms with Gasteiger partial charge in [-0.05, 0) is 36.8 Å². The number of nitrogens with zero attached hydrogens (tertiary/aromatic N) is 3. The second-order valence-corrected chi connectivity index (χ2v) is 9.66. The quantitative estimate of drug-likeness (QED) is 0.247. The molecule has 1 aromatic heterocycles. The van der Waals surface area contributed by atoms with Gasteiger partial charge >= 0.3 is 0 Å². The van der Waals surface area contributed by atoms with E-state index in [0.29, 0.717) is 6.61 Å². The van der Waals surface area contributed by atoms with Gasteiger partial charge in [-0.2, -0.15) is 5.10 Å². The normalized spacial score (nSPS) is 11.0. The Bertz CT molecular complexity index is 996. The van der Waals surface area contributed by atoms with Gasteiger partial charge in [0.05, 0.1) is 18.6 Å². The van der Waals surface area contributed by atoms with E-state index in [1.807, 2.05) is 55.5 Å².